The molecular weight excluding hydrogens is 792 g/mol. The molecule has 1 aliphatic carbocycles. The Morgan fingerprint density at radius 3 is 2.48 bits per heavy atom. The quantitative estimate of drug-likeness (QED) is 0.183. The van der Waals surface area contributed by atoms with Crippen molar-refractivity contribution in [3.63, 3.8) is 0 Å². The second kappa shape index (κ2) is 15.2. The van der Waals surface area contributed by atoms with Crippen LogP contribution in [0.1, 0.15) is 50.1 Å². The fraction of sp³-hybridized carbons (Fsp3) is 0.488. The molecule has 3 aromatic heterocycles. The third-order valence-corrected chi connectivity index (χ3v) is 13.2. The van der Waals surface area contributed by atoms with Crippen LogP contribution in [0.3, 0.4) is 0 Å². The Labute approximate surface area is 349 Å². The van der Waals surface area contributed by atoms with Crippen molar-refractivity contribution in [3.05, 3.63) is 64.5 Å². The lowest BCUT2D eigenvalue weighted by Crippen LogP contribution is -2.49. The number of amides is 2. The molecule has 1 saturated carbocycles. The van der Waals surface area contributed by atoms with Gasteiger partial charge in [0.1, 0.15) is 0 Å². The summed E-state index contributed by atoms with van der Waals surface area (Å²) in [6.45, 7) is 4.87. The lowest BCUT2D eigenvalue weighted by Gasteiger charge is -2.39. The molecule has 320 valence electrons. The minimum Gasteiger partial charge on any atom is -0.480 e. The van der Waals surface area contributed by atoms with E-state index in [1.54, 1.807) is 25.2 Å². The molecule has 7 heterocycles. The zero-order valence-electron chi connectivity index (χ0n) is 34.1. The Kier molecular flexibility index (Phi) is 9.79. The predicted octanol–water partition coefficient (Wildman–Crippen LogP) is 4.87. The van der Waals surface area contributed by atoms with Gasteiger partial charge in [-0.1, -0.05) is 12.1 Å². The first-order valence-corrected chi connectivity index (χ1v) is 21.2. The lowest BCUT2D eigenvalue weighted by molar-refractivity contribution is -0.134. The van der Waals surface area contributed by atoms with E-state index in [-0.39, 0.29) is 35.0 Å². The molecule has 3 N–H and O–H groups in total. The van der Waals surface area contributed by atoms with Crippen LogP contribution in [0.4, 0.5) is 42.0 Å². The maximum atomic E-state index is 15.3. The zero-order valence-corrected chi connectivity index (χ0v) is 34.1. The summed E-state index contributed by atoms with van der Waals surface area (Å²) >= 11 is 0. The van der Waals surface area contributed by atoms with Crippen LogP contribution < -0.4 is 36.0 Å². The number of carbonyl (C=O) groups excluding carboxylic acids is 2. The van der Waals surface area contributed by atoms with Crippen LogP contribution in [0.25, 0.3) is 21.8 Å². The Hall–Kier alpha value is -5.91. The number of hydrogen-bond donors (Lipinski definition) is 3. The number of nitrogens with zero attached hydrogens (tertiary/aromatic N) is 8. The van der Waals surface area contributed by atoms with E-state index in [9.17, 15) is 14.4 Å². The number of halogens is 3. The summed E-state index contributed by atoms with van der Waals surface area (Å²) in [7, 11) is 3.48. The average Bonchev–Trinajstić information content (AvgIpc) is 4.05. The van der Waals surface area contributed by atoms with Gasteiger partial charge in [0.2, 0.25) is 23.5 Å². The third kappa shape index (κ3) is 7.27. The number of ether oxygens (including phenoxy) is 1. The van der Waals surface area contributed by atoms with E-state index in [1.165, 1.54) is 4.57 Å². The zero-order chi connectivity index (χ0) is 42.2. The first-order chi connectivity index (χ1) is 29.4. The van der Waals surface area contributed by atoms with Gasteiger partial charge in [-0.05, 0) is 68.2 Å². The van der Waals surface area contributed by atoms with Gasteiger partial charge in [-0.15, -0.1) is 0 Å². The van der Waals surface area contributed by atoms with Crippen molar-refractivity contribution in [1.29, 1.82) is 0 Å². The molecule has 0 spiro atoms. The van der Waals surface area contributed by atoms with Crippen LogP contribution >= 0.6 is 0 Å². The standard InChI is InChI=1S/C43H48F3N11O4/c1-53-31-10-8-26(20-29(31)35-37(41(53)60)61-23-43(45,46)38(50-35)25-6-7-25)48-39-30(44)21-47-42(51-39)57-18-16-55(17-19-57)22-24-12-14-56(15-13-24)32-5-3-4-27-34(52-54(2)36(27)32)28-9-11-33(58)49-40(28)59/h3-5,8,10,20-21,24-25,28,38,50H,6-7,9,11-19,22-23H2,1-2H3,(H,47,48,51)(H,49,58,59)/t28?,38-/m0/s1. The van der Waals surface area contributed by atoms with Gasteiger partial charge in [-0.25, -0.2) is 18.2 Å². The van der Waals surface area contributed by atoms with Gasteiger partial charge < -0.3 is 29.7 Å². The Balaban J connectivity index is 0.777. The number of nitrogens with one attached hydrogen (secondary N) is 3. The molecular formula is C43H48F3N11O4. The number of aromatic nitrogens is 5. The average molecular weight is 840 g/mol. The van der Waals surface area contributed by atoms with Crippen molar-refractivity contribution >= 4 is 62.4 Å². The van der Waals surface area contributed by atoms with Crippen LogP contribution in [0.15, 0.2) is 47.4 Å². The highest BCUT2D eigenvalue weighted by molar-refractivity contribution is 6.03. The topological polar surface area (TPSA) is 155 Å². The molecule has 2 atom stereocenters. The van der Waals surface area contributed by atoms with E-state index in [2.05, 4.69) is 46.7 Å². The van der Waals surface area contributed by atoms with Gasteiger partial charge in [-0.2, -0.15) is 10.1 Å². The summed E-state index contributed by atoms with van der Waals surface area (Å²) in [6, 6.07) is 10.1. The number of benzene rings is 2. The minimum atomic E-state index is -3.16. The predicted molar refractivity (Wildman–Crippen MR) is 224 cm³/mol. The van der Waals surface area contributed by atoms with Gasteiger partial charge >= 0.3 is 5.92 Å². The van der Waals surface area contributed by atoms with Crippen molar-refractivity contribution in [2.24, 2.45) is 25.9 Å². The first-order valence-electron chi connectivity index (χ1n) is 21.2. The highest BCUT2D eigenvalue weighted by Gasteiger charge is 2.51. The molecule has 1 unspecified atom stereocenters. The number of anilines is 5. The van der Waals surface area contributed by atoms with Gasteiger partial charge in [-0.3, -0.25) is 29.3 Å². The van der Waals surface area contributed by atoms with E-state index in [0.717, 1.165) is 74.0 Å². The molecule has 4 aliphatic heterocycles. The van der Waals surface area contributed by atoms with Gasteiger partial charge in [0.05, 0.1) is 46.3 Å². The van der Waals surface area contributed by atoms with Crippen molar-refractivity contribution in [3.8, 4) is 5.75 Å². The van der Waals surface area contributed by atoms with Crippen LogP contribution in [-0.4, -0.2) is 105 Å². The molecule has 2 aromatic carbocycles. The van der Waals surface area contributed by atoms with Gasteiger partial charge in [0, 0.05) is 82.8 Å². The van der Waals surface area contributed by atoms with E-state index in [0.29, 0.717) is 67.2 Å². The van der Waals surface area contributed by atoms with E-state index >= 15 is 13.2 Å². The maximum absolute atomic E-state index is 15.3. The molecule has 10 rings (SSSR count). The van der Waals surface area contributed by atoms with Crippen molar-refractivity contribution in [1.82, 2.24) is 34.5 Å². The number of pyridine rings is 1. The minimum absolute atomic E-state index is 0.0185. The van der Waals surface area contributed by atoms with Crippen LogP contribution in [0.2, 0.25) is 0 Å². The van der Waals surface area contributed by atoms with E-state index < -0.39 is 35.9 Å². The normalized spacial score (nSPS) is 22.4. The molecule has 2 amide bonds. The van der Waals surface area contributed by atoms with E-state index in [4.69, 9.17) is 9.84 Å². The Morgan fingerprint density at radius 1 is 0.934 bits per heavy atom. The number of fused-ring (bicyclic) bond motifs is 4. The third-order valence-electron chi connectivity index (χ3n) is 13.2. The number of piperazine rings is 1. The monoisotopic (exact) mass is 839 g/mol. The number of rotatable bonds is 8. The summed E-state index contributed by atoms with van der Waals surface area (Å²) in [4.78, 5) is 53.5. The molecule has 18 heteroatoms. The van der Waals surface area contributed by atoms with Crippen molar-refractivity contribution in [2.45, 2.75) is 56.4 Å². The van der Waals surface area contributed by atoms with Crippen LogP contribution in [0, 0.1) is 17.7 Å². The first kappa shape index (κ1) is 39.2. The highest BCUT2D eigenvalue weighted by Crippen LogP contribution is 2.46. The van der Waals surface area contributed by atoms with E-state index in [1.807, 2.05) is 23.9 Å². The SMILES string of the molecule is Cn1nc(C2CCC(=O)NC2=O)c2cccc(N3CCC(CN4CCN(c5ncc(F)c(Nc6ccc7c(c6)c6c(c(=O)n7C)OCC(F)(F)[C@H](C7CC7)N6)n5)CC4)CC3)c21. The molecule has 61 heavy (non-hydrogen) atoms. The number of alkyl halides is 2. The Bertz CT molecular complexity index is 2610. The summed E-state index contributed by atoms with van der Waals surface area (Å²) < 4.78 is 54.2. The molecule has 4 fully saturated rings. The number of hydrogen-bond acceptors (Lipinski definition) is 12. The number of carbonyl (C=O) groups is 2. The second-order valence-corrected chi connectivity index (χ2v) is 17.2. The highest BCUT2D eigenvalue weighted by atomic mass is 19.3. The number of para-hydroxylation sites is 1. The van der Waals surface area contributed by atoms with Crippen molar-refractivity contribution in [2.75, 3.05) is 72.9 Å². The molecule has 0 radical (unpaired) electrons. The molecule has 0 bridgehead atoms. The lowest BCUT2D eigenvalue weighted by atomic mass is 9.92. The van der Waals surface area contributed by atoms with Gasteiger partial charge in [0.15, 0.2) is 18.2 Å². The maximum Gasteiger partial charge on any atom is 0.301 e. The summed E-state index contributed by atoms with van der Waals surface area (Å²) in [5, 5.41) is 14.7. The van der Waals surface area contributed by atoms with Gasteiger partial charge in [0.25, 0.3) is 5.56 Å². The van der Waals surface area contributed by atoms with Crippen LogP contribution in [-0.2, 0) is 23.7 Å². The molecule has 5 aliphatic rings. The molecule has 15 nitrogen and oxygen atoms in total. The molecule has 3 saturated heterocycles. The molecule has 5 aromatic rings. The smallest absolute Gasteiger partial charge is 0.301 e. The number of aryl methyl sites for hydroxylation is 2. The largest absolute Gasteiger partial charge is 0.480 e. The Morgan fingerprint density at radius 2 is 1.72 bits per heavy atom. The summed E-state index contributed by atoms with van der Waals surface area (Å²) in [5.41, 5.74) is 3.51. The summed E-state index contributed by atoms with van der Waals surface area (Å²) in [6.07, 6.45) is 5.34. The van der Waals surface area contributed by atoms with Crippen molar-refractivity contribution < 1.29 is 27.5 Å². The number of imide groups is 1. The number of piperidine rings is 2. The fourth-order valence-electron chi connectivity index (χ4n) is 9.68. The summed E-state index contributed by atoms with van der Waals surface area (Å²) in [5.74, 6) is -4.22. The fourth-order valence-corrected chi connectivity index (χ4v) is 9.68. The second-order valence-electron chi connectivity index (χ2n) is 17.2. The van der Waals surface area contributed by atoms with Crippen LogP contribution in [0.5, 0.6) is 5.75 Å².